The van der Waals surface area contributed by atoms with Gasteiger partial charge in [-0.15, -0.1) is 0 Å². The molecule has 23 heavy (non-hydrogen) atoms. The van der Waals surface area contributed by atoms with Gasteiger partial charge in [0.15, 0.2) is 0 Å². The maximum atomic E-state index is 12.5. The van der Waals surface area contributed by atoms with Crippen LogP contribution in [0.25, 0.3) is 10.9 Å². The molecule has 0 aliphatic carbocycles. The molecule has 1 saturated heterocycles. The van der Waals surface area contributed by atoms with E-state index in [1.54, 1.807) is 31.5 Å². The van der Waals surface area contributed by atoms with Crippen LogP contribution in [0.2, 0.25) is 0 Å². The second-order valence-electron chi connectivity index (χ2n) is 5.52. The minimum Gasteiger partial charge on any atom is -0.494 e. The predicted molar refractivity (Wildman–Crippen MR) is 85.5 cm³/mol. The van der Waals surface area contributed by atoms with Crippen LogP contribution < -0.4 is 10.1 Å². The summed E-state index contributed by atoms with van der Waals surface area (Å²) in [6, 6.07) is 6.41. The quantitative estimate of drug-likeness (QED) is 0.791. The highest BCUT2D eigenvalue weighted by Crippen LogP contribution is 2.30. The van der Waals surface area contributed by atoms with Crippen LogP contribution in [-0.4, -0.2) is 58.5 Å². The van der Waals surface area contributed by atoms with Crippen LogP contribution in [0.4, 0.5) is 10.5 Å². The second kappa shape index (κ2) is 6.39. The van der Waals surface area contributed by atoms with Crippen LogP contribution >= 0.6 is 0 Å². The Morgan fingerprint density at radius 1 is 1.48 bits per heavy atom. The lowest BCUT2D eigenvalue weighted by Gasteiger charge is -2.23. The molecule has 0 radical (unpaired) electrons. The first-order valence-electron chi connectivity index (χ1n) is 7.42. The van der Waals surface area contributed by atoms with Crippen molar-refractivity contribution in [2.45, 2.75) is 18.6 Å². The number of aromatic nitrogens is 1. The van der Waals surface area contributed by atoms with E-state index in [4.69, 9.17) is 4.74 Å². The molecule has 2 atom stereocenters. The molecule has 7 heteroatoms. The number of fused-ring (bicyclic) bond motifs is 1. The number of benzene rings is 1. The molecule has 1 aromatic carbocycles. The van der Waals surface area contributed by atoms with Crippen molar-refractivity contribution in [1.82, 2.24) is 9.88 Å². The highest BCUT2D eigenvalue weighted by molar-refractivity contribution is 6.02. The number of β-amino-alcohol motifs (C(OH)–C–C–N with tert-alkyl or cyclic N) is 1. The van der Waals surface area contributed by atoms with Crippen LogP contribution in [0, 0.1) is 0 Å². The van der Waals surface area contributed by atoms with Gasteiger partial charge in [0.2, 0.25) is 0 Å². The molecule has 122 valence electrons. The van der Waals surface area contributed by atoms with Gasteiger partial charge >= 0.3 is 6.03 Å². The van der Waals surface area contributed by atoms with Crippen molar-refractivity contribution in [3.8, 4) is 5.75 Å². The van der Waals surface area contributed by atoms with Gasteiger partial charge in [-0.2, -0.15) is 0 Å². The van der Waals surface area contributed by atoms with Crippen molar-refractivity contribution in [3.05, 3.63) is 30.5 Å². The van der Waals surface area contributed by atoms with Gasteiger partial charge in [0.25, 0.3) is 0 Å². The molecule has 2 aromatic rings. The molecule has 2 amide bonds. The normalized spacial score (nSPS) is 20.7. The largest absolute Gasteiger partial charge is 0.494 e. The van der Waals surface area contributed by atoms with Gasteiger partial charge < -0.3 is 25.2 Å². The van der Waals surface area contributed by atoms with Crippen LogP contribution in [0.1, 0.15) is 6.42 Å². The summed E-state index contributed by atoms with van der Waals surface area (Å²) in [7, 11) is 1.57. The Balaban J connectivity index is 1.88. The lowest BCUT2D eigenvalue weighted by Crippen LogP contribution is -2.40. The number of likely N-dealkylation sites (tertiary alicyclic amines) is 1. The van der Waals surface area contributed by atoms with Crippen LogP contribution in [0.15, 0.2) is 30.5 Å². The van der Waals surface area contributed by atoms with Crippen molar-refractivity contribution in [2.75, 3.05) is 25.6 Å². The Labute approximate surface area is 133 Å². The number of amides is 2. The van der Waals surface area contributed by atoms with E-state index in [9.17, 15) is 15.0 Å². The van der Waals surface area contributed by atoms with Gasteiger partial charge in [-0.05, 0) is 30.7 Å². The number of hydrogen-bond acceptors (Lipinski definition) is 5. The fraction of sp³-hybridized carbons (Fsp3) is 0.375. The number of rotatable bonds is 3. The van der Waals surface area contributed by atoms with Gasteiger partial charge in [-0.25, -0.2) is 4.79 Å². The molecule has 3 N–H and O–H groups in total. The molecule has 1 aliphatic rings. The van der Waals surface area contributed by atoms with E-state index in [2.05, 4.69) is 10.3 Å². The number of urea groups is 1. The van der Waals surface area contributed by atoms with Gasteiger partial charge in [-0.3, -0.25) is 4.98 Å². The zero-order valence-electron chi connectivity index (χ0n) is 12.8. The average Bonchev–Trinajstić information content (AvgIpc) is 2.96. The van der Waals surface area contributed by atoms with E-state index in [0.717, 1.165) is 5.39 Å². The second-order valence-corrected chi connectivity index (χ2v) is 5.52. The first-order chi connectivity index (χ1) is 11.1. The highest BCUT2D eigenvalue weighted by Gasteiger charge is 2.34. The van der Waals surface area contributed by atoms with E-state index in [0.29, 0.717) is 23.4 Å². The summed E-state index contributed by atoms with van der Waals surface area (Å²) < 4.78 is 5.28. The summed E-state index contributed by atoms with van der Waals surface area (Å²) in [5.74, 6) is 0.628. The van der Waals surface area contributed by atoms with Gasteiger partial charge in [0.05, 0.1) is 31.5 Å². The molecule has 0 unspecified atom stereocenters. The van der Waals surface area contributed by atoms with E-state index < -0.39 is 6.10 Å². The molecule has 3 rings (SSSR count). The molecule has 2 heterocycles. The average molecular weight is 317 g/mol. The standard InChI is InChI=1S/C16H19N3O4/c1-23-14-5-4-13(12-3-2-6-17-15(12)14)18-16(22)19-8-11(21)7-10(19)9-20/h2-6,10-11,20-21H,7-9H2,1H3,(H,18,22)/t10-,11-/m0/s1. The molecule has 0 saturated carbocycles. The van der Waals surface area contributed by atoms with Crippen LogP contribution in [0.3, 0.4) is 0 Å². The zero-order valence-corrected chi connectivity index (χ0v) is 12.8. The van der Waals surface area contributed by atoms with E-state index in [1.807, 2.05) is 6.07 Å². The molecule has 7 nitrogen and oxygen atoms in total. The highest BCUT2D eigenvalue weighted by atomic mass is 16.5. The van der Waals surface area contributed by atoms with E-state index >= 15 is 0 Å². The number of aliphatic hydroxyl groups is 2. The molecule has 0 spiro atoms. The number of ether oxygens (including phenoxy) is 1. The summed E-state index contributed by atoms with van der Waals surface area (Å²) in [4.78, 5) is 18.2. The molecular weight excluding hydrogens is 298 g/mol. The molecule has 1 aromatic heterocycles. The smallest absolute Gasteiger partial charge is 0.322 e. The fourth-order valence-corrected chi connectivity index (χ4v) is 2.92. The topological polar surface area (TPSA) is 94.9 Å². The van der Waals surface area contributed by atoms with Crippen molar-refractivity contribution < 1.29 is 19.7 Å². The number of nitrogens with zero attached hydrogens (tertiary/aromatic N) is 2. The van der Waals surface area contributed by atoms with Crippen LogP contribution in [-0.2, 0) is 0 Å². The van der Waals surface area contributed by atoms with E-state index in [-0.39, 0.29) is 25.2 Å². The Bertz CT molecular complexity index is 722. The monoisotopic (exact) mass is 317 g/mol. The van der Waals surface area contributed by atoms with Gasteiger partial charge in [-0.1, -0.05) is 0 Å². The minimum absolute atomic E-state index is 0.171. The molecular formula is C16H19N3O4. The number of carbonyl (C=O) groups excluding carboxylic acids is 1. The van der Waals surface area contributed by atoms with Crippen molar-refractivity contribution in [2.24, 2.45) is 0 Å². The Kier molecular flexibility index (Phi) is 4.31. The summed E-state index contributed by atoms with van der Waals surface area (Å²) in [5.41, 5.74) is 1.27. The number of hydrogen-bond donors (Lipinski definition) is 3. The molecule has 1 aliphatic heterocycles. The number of pyridine rings is 1. The third-order valence-corrected chi connectivity index (χ3v) is 4.06. The Hall–Kier alpha value is -2.38. The maximum absolute atomic E-state index is 12.5. The molecule has 0 bridgehead atoms. The summed E-state index contributed by atoms with van der Waals surface area (Å²) in [5, 5.41) is 22.6. The van der Waals surface area contributed by atoms with Crippen molar-refractivity contribution >= 4 is 22.6 Å². The number of carbonyl (C=O) groups is 1. The summed E-state index contributed by atoms with van der Waals surface area (Å²) in [6.45, 7) is 0.0405. The summed E-state index contributed by atoms with van der Waals surface area (Å²) in [6.07, 6.45) is 1.44. The first-order valence-corrected chi connectivity index (χ1v) is 7.42. The fourth-order valence-electron chi connectivity index (χ4n) is 2.92. The Morgan fingerprint density at radius 3 is 3.04 bits per heavy atom. The maximum Gasteiger partial charge on any atom is 0.322 e. The number of anilines is 1. The lowest BCUT2D eigenvalue weighted by molar-refractivity contribution is 0.164. The third kappa shape index (κ3) is 2.93. The third-order valence-electron chi connectivity index (χ3n) is 4.06. The van der Waals surface area contributed by atoms with Crippen molar-refractivity contribution in [3.63, 3.8) is 0 Å². The summed E-state index contributed by atoms with van der Waals surface area (Å²) >= 11 is 0. The Morgan fingerprint density at radius 2 is 2.30 bits per heavy atom. The SMILES string of the molecule is COc1ccc(NC(=O)N2C[C@@H](O)C[C@H]2CO)c2cccnc12. The molecule has 1 fully saturated rings. The predicted octanol–water partition coefficient (Wildman–Crippen LogP) is 1.20. The van der Waals surface area contributed by atoms with E-state index in [1.165, 1.54) is 4.90 Å². The van der Waals surface area contributed by atoms with Crippen molar-refractivity contribution in [1.29, 1.82) is 0 Å². The number of nitrogens with one attached hydrogen (secondary N) is 1. The van der Waals surface area contributed by atoms with Crippen LogP contribution in [0.5, 0.6) is 5.75 Å². The van der Waals surface area contributed by atoms with Gasteiger partial charge in [0.1, 0.15) is 11.3 Å². The minimum atomic E-state index is -0.604. The first kappa shape index (κ1) is 15.5. The number of aliphatic hydroxyl groups excluding tert-OH is 2. The lowest BCUT2D eigenvalue weighted by atomic mass is 10.1. The zero-order chi connectivity index (χ0) is 16.4. The van der Waals surface area contributed by atoms with Gasteiger partial charge in [0, 0.05) is 18.1 Å². The number of methoxy groups -OCH3 is 1.